The Morgan fingerprint density at radius 2 is 2.00 bits per heavy atom. The lowest BCUT2D eigenvalue weighted by atomic mass is 10.3. The number of nitrogens with zero attached hydrogens (tertiary/aromatic N) is 2. The van der Waals surface area contributed by atoms with Gasteiger partial charge >= 0.3 is 6.09 Å². The van der Waals surface area contributed by atoms with Crippen LogP contribution in [0.15, 0.2) is 47.5 Å². The van der Waals surface area contributed by atoms with Gasteiger partial charge in [-0.3, -0.25) is 5.32 Å². The summed E-state index contributed by atoms with van der Waals surface area (Å²) in [6, 6.07) is 8.53. The molecule has 0 spiro atoms. The minimum Gasteiger partial charge on any atom is -0.436 e. The minimum absolute atomic E-state index is 0.0130. The third kappa shape index (κ3) is 9.74. The number of nitrogens with one attached hydrogen (secondary N) is 1. The number of hydrogen-bond donors (Lipinski definition) is 1. The fourth-order valence-electron chi connectivity index (χ4n) is 1.20. The van der Waals surface area contributed by atoms with E-state index >= 15 is 0 Å². The van der Waals surface area contributed by atoms with E-state index in [0.717, 1.165) is 0 Å². The zero-order valence-electron chi connectivity index (χ0n) is 11.8. The van der Waals surface area contributed by atoms with Gasteiger partial charge in [0.2, 0.25) is 0 Å². The number of hydrogen-bond acceptors (Lipinski definition) is 4. The van der Waals surface area contributed by atoms with Crippen LogP contribution in [0.25, 0.3) is 0 Å². The van der Waals surface area contributed by atoms with Crippen molar-refractivity contribution in [3.63, 3.8) is 0 Å². The van der Waals surface area contributed by atoms with E-state index in [0.29, 0.717) is 15.4 Å². The summed E-state index contributed by atoms with van der Waals surface area (Å²) in [5.74, 6) is 5.36. The fourth-order valence-corrected chi connectivity index (χ4v) is 1.72. The SMILES string of the molecule is Brc1ncccn1.O=C(Nc1cccc(Cl)c1)OCC#CCCl. The molecular formula is C15H12BrCl2N3O2. The summed E-state index contributed by atoms with van der Waals surface area (Å²) in [7, 11) is 0. The van der Waals surface area contributed by atoms with Gasteiger partial charge < -0.3 is 4.74 Å². The number of amides is 1. The Morgan fingerprint density at radius 3 is 2.57 bits per heavy atom. The molecule has 2 aromatic rings. The molecule has 0 aliphatic rings. The van der Waals surface area contributed by atoms with Crippen LogP contribution in [-0.2, 0) is 4.74 Å². The summed E-state index contributed by atoms with van der Waals surface area (Å²) in [6.07, 6.45) is 2.78. The molecule has 0 aliphatic heterocycles. The molecule has 0 bridgehead atoms. The number of anilines is 1. The minimum atomic E-state index is -0.578. The van der Waals surface area contributed by atoms with E-state index in [-0.39, 0.29) is 12.5 Å². The van der Waals surface area contributed by atoms with Gasteiger partial charge in [-0.1, -0.05) is 29.5 Å². The van der Waals surface area contributed by atoms with Crippen LogP contribution in [0.2, 0.25) is 5.02 Å². The highest BCUT2D eigenvalue weighted by Gasteiger charge is 2.01. The molecule has 0 saturated heterocycles. The maximum atomic E-state index is 11.2. The second kappa shape index (κ2) is 11.7. The third-order valence-electron chi connectivity index (χ3n) is 2.07. The normalized spacial score (nSPS) is 8.83. The van der Waals surface area contributed by atoms with Crippen LogP contribution in [0.5, 0.6) is 0 Å². The number of carbonyl (C=O) groups is 1. The largest absolute Gasteiger partial charge is 0.436 e. The predicted molar refractivity (Wildman–Crippen MR) is 94.7 cm³/mol. The number of alkyl halides is 1. The Kier molecular flexibility index (Phi) is 9.80. The molecule has 1 aromatic carbocycles. The van der Waals surface area contributed by atoms with Crippen molar-refractivity contribution in [1.82, 2.24) is 9.97 Å². The van der Waals surface area contributed by atoms with E-state index in [4.69, 9.17) is 27.9 Å². The number of aromatic nitrogens is 2. The van der Waals surface area contributed by atoms with Crippen molar-refractivity contribution in [1.29, 1.82) is 0 Å². The quantitative estimate of drug-likeness (QED) is 0.448. The lowest BCUT2D eigenvalue weighted by Gasteiger charge is -2.04. The van der Waals surface area contributed by atoms with E-state index in [1.165, 1.54) is 0 Å². The molecule has 1 N–H and O–H groups in total. The molecule has 23 heavy (non-hydrogen) atoms. The topological polar surface area (TPSA) is 64.1 Å². The van der Waals surface area contributed by atoms with Crippen molar-refractivity contribution in [3.05, 3.63) is 52.5 Å². The maximum Gasteiger partial charge on any atom is 0.412 e. The molecule has 1 aromatic heterocycles. The van der Waals surface area contributed by atoms with Crippen molar-refractivity contribution in [2.45, 2.75) is 0 Å². The Labute approximate surface area is 152 Å². The monoisotopic (exact) mass is 415 g/mol. The molecule has 120 valence electrons. The maximum absolute atomic E-state index is 11.2. The first-order chi connectivity index (χ1) is 11.1. The highest BCUT2D eigenvalue weighted by Crippen LogP contribution is 2.14. The second-order valence-electron chi connectivity index (χ2n) is 3.72. The number of carbonyl (C=O) groups excluding carboxylic acids is 1. The van der Waals surface area contributed by atoms with E-state index < -0.39 is 6.09 Å². The Morgan fingerprint density at radius 1 is 1.26 bits per heavy atom. The Bertz CT molecular complexity index is 675. The van der Waals surface area contributed by atoms with Gasteiger partial charge in [-0.25, -0.2) is 14.8 Å². The standard InChI is InChI=1S/C11H9Cl2NO2.C4H3BrN2/c12-6-1-2-7-16-11(15)14-10-5-3-4-9(13)8-10;5-4-6-2-1-3-7-4/h3-5,8H,6-7H2,(H,14,15);1-3H. The Hall–Kier alpha value is -1.81. The first-order valence-corrected chi connectivity index (χ1v) is 7.96. The number of benzene rings is 1. The lowest BCUT2D eigenvalue weighted by molar-refractivity contribution is 0.176. The molecule has 0 saturated carbocycles. The lowest BCUT2D eigenvalue weighted by Crippen LogP contribution is -2.13. The van der Waals surface area contributed by atoms with Crippen molar-refractivity contribution in [2.24, 2.45) is 0 Å². The van der Waals surface area contributed by atoms with Crippen LogP contribution in [0, 0.1) is 11.8 Å². The van der Waals surface area contributed by atoms with Crippen LogP contribution in [0.1, 0.15) is 0 Å². The van der Waals surface area contributed by atoms with E-state index in [9.17, 15) is 4.79 Å². The molecule has 1 amide bonds. The Balaban J connectivity index is 0.000000313. The van der Waals surface area contributed by atoms with E-state index in [2.05, 4.69) is 43.1 Å². The number of halogens is 3. The average molecular weight is 417 g/mol. The molecule has 1 heterocycles. The van der Waals surface area contributed by atoms with Gasteiger partial charge in [0, 0.05) is 23.1 Å². The highest BCUT2D eigenvalue weighted by atomic mass is 79.9. The second-order valence-corrected chi connectivity index (χ2v) is 5.13. The summed E-state index contributed by atoms with van der Waals surface area (Å²) < 4.78 is 5.40. The molecule has 0 unspecified atom stereocenters. The first-order valence-electron chi connectivity index (χ1n) is 6.25. The number of ether oxygens (including phenoxy) is 1. The molecule has 0 fully saturated rings. The van der Waals surface area contributed by atoms with Crippen LogP contribution in [0.3, 0.4) is 0 Å². The molecule has 0 aliphatic carbocycles. The van der Waals surface area contributed by atoms with Gasteiger partial charge in [0.1, 0.15) is 0 Å². The van der Waals surface area contributed by atoms with Crippen LogP contribution in [-0.4, -0.2) is 28.5 Å². The molecule has 8 heteroatoms. The van der Waals surface area contributed by atoms with Gasteiger partial charge in [-0.05, 0) is 40.2 Å². The van der Waals surface area contributed by atoms with Crippen molar-refractivity contribution in [3.8, 4) is 11.8 Å². The zero-order valence-corrected chi connectivity index (χ0v) is 14.9. The molecule has 0 atom stereocenters. The third-order valence-corrected chi connectivity index (χ3v) is 2.85. The predicted octanol–water partition coefficient (Wildman–Crippen LogP) is 4.37. The molecular weight excluding hydrogens is 405 g/mol. The van der Waals surface area contributed by atoms with Gasteiger partial charge in [0.05, 0.1) is 5.88 Å². The molecule has 0 radical (unpaired) electrons. The van der Waals surface area contributed by atoms with Crippen molar-refractivity contribution < 1.29 is 9.53 Å². The van der Waals surface area contributed by atoms with E-state index in [1.807, 2.05) is 0 Å². The average Bonchev–Trinajstić information content (AvgIpc) is 2.53. The molecule has 2 rings (SSSR count). The van der Waals surface area contributed by atoms with Gasteiger partial charge in [-0.15, -0.1) is 11.6 Å². The zero-order chi connectivity index (χ0) is 16.9. The smallest absolute Gasteiger partial charge is 0.412 e. The summed E-state index contributed by atoms with van der Waals surface area (Å²) >= 11 is 14.2. The summed E-state index contributed by atoms with van der Waals surface area (Å²) in [5.41, 5.74) is 0.572. The number of rotatable bonds is 2. The van der Waals surface area contributed by atoms with Gasteiger partial charge in [0.15, 0.2) is 11.3 Å². The summed E-state index contributed by atoms with van der Waals surface area (Å²) in [4.78, 5) is 18.8. The van der Waals surface area contributed by atoms with Gasteiger partial charge in [-0.2, -0.15) is 0 Å². The van der Waals surface area contributed by atoms with Crippen LogP contribution in [0.4, 0.5) is 10.5 Å². The van der Waals surface area contributed by atoms with E-state index in [1.54, 1.807) is 42.7 Å². The summed E-state index contributed by atoms with van der Waals surface area (Å²) in [5, 5.41) is 3.05. The first kappa shape index (κ1) is 19.2. The molecule has 5 nitrogen and oxygen atoms in total. The fraction of sp³-hybridized carbons (Fsp3) is 0.133. The van der Waals surface area contributed by atoms with Crippen molar-refractivity contribution in [2.75, 3.05) is 17.8 Å². The van der Waals surface area contributed by atoms with Crippen LogP contribution < -0.4 is 5.32 Å². The summed E-state index contributed by atoms with van der Waals surface area (Å²) in [6.45, 7) is 0.0130. The van der Waals surface area contributed by atoms with Crippen molar-refractivity contribution >= 4 is 50.9 Å². The highest BCUT2D eigenvalue weighted by molar-refractivity contribution is 9.10. The van der Waals surface area contributed by atoms with Crippen LogP contribution >= 0.6 is 39.1 Å². The van der Waals surface area contributed by atoms with Gasteiger partial charge in [0.25, 0.3) is 0 Å².